The van der Waals surface area contributed by atoms with E-state index in [1.165, 1.54) is 12.1 Å². The number of rotatable bonds is 2. The fourth-order valence-corrected chi connectivity index (χ4v) is 2.35. The average molecular weight is 357 g/mol. The molecule has 0 aliphatic rings. The first-order chi connectivity index (χ1) is 9.08. The normalized spacial score (nSPS) is 10.1. The molecule has 0 heterocycles. The number of benzene rings is 2. The molecule has 0 bridgehead atoms. The summed E-state index contributed by atoms with van der Waals surface area (Å²) < 4.78 is 26.0. The third-order valence-corrected chi connectivity index (χ3v) is 3.47. The first-order valence-electron chi connectivity index (χ1n) is 5.04. The summed E-state index contributed by atoms with van der Waals surface area (Å²) in [6.07, 6.45) is 0. The Labute approximate surface area is 128 Å². The summed E-state index contributed by atoms with van der Waals surface area (Å²) in [5, 5.41) is 10.6. The van der Waals surface area contributed by atoms with Gasteiger partial charge in [-0.1, -0.05) is 26.8 Å². The fraction of sp³-hybridized carbons (Fsp3) is 0. The molecule has 0 fully saturated rings. The summed E-state index contributed by atoms with van der Waals surface area (Å²) in [5.41, 5.74) is 0. The molecule has 100 valence electrons. The molecule has 1 atom stereocenters. The second-order valence-corrected chi connectivity index (χ2v) is 7.24. The zero-order chi connectivity index (χ0) is 14.3. The Morgan fingerprint density at radius 1 is 1.00 bits per heavy atom. The Bertz CT molecular complexity index is 543. The van der Waals surface area contributed by atoms with Crippen LogP contribution in [-0.4, -0.2) is 5.11 Å². The van der Waals surface area contributed by atoms with Gasteiger partial charge in [0.1, 0.15) is 17.4 Å². The molecule has 0 aliphatic heterocycles. The maximum atomic E-state index is 13.4. The van der Waals surface area contributed by atoms with Gasteiger partial charge >= 0.3 is 35.6 Å². The van der Waals surface area contributed by atoms with Crippen LogP contribution in [0.15, 0.2) is 42.5 Å². The monoisotopic (exact) mass is 356 g/mol. The first kappa shape index (κ1) is 16.9. The van der Waals surface area contributed by atoms with Gasteiger partial charge in [0.25, 0.3) is 0 Å². The van der Waals surface area contributed by atoms with Crippen LogP contribution in [0.25, 0.3) is 0 Å². The van der Waals surface area contributed by atoms with E-state index in [4.69, 9.17) is 18.6 Å². The molecule has 0 amide bonds. The van der Waals surface area contributed by atoms with E-state index >= 15 is 0 Å². The van der Waals surface area contributed by atoms with Crippen molar-refractivity contribution in [2.75, 3.05) is 0 Å². The van der Waals surface area contributed by atoms with Gasteiger partial charge in [0, 0.05) is 16.7 Å². The van der Waals surface area contributed by atoms with Gasteiger partial charge in [0.15, 0.2) is 0 Å². The van der Waals surface area contributed by atoms with E-state index in [2.05, 4.69) is 0 Å². The molecular weight excluding hydrogens is 348 g/mol. The van der Waals surface area contributed by atoms with Gasteiger partial charge in [-0.2, -0.15) is 0 Å². The minimum atomic E-state index is -0.594. The van der Waals surface area contributed by atoms with Crippen molar-refractivity contribution in [2.45, 2.75) is 0 Å². The fourth-order valence-electron chi connectivity index (χ4n) is 1.32. The molecule has 0 saturated heterocycles. The maximum absolute atomic E-state index is 13.4. The zero-order valence-electron chi connectivity index (χ0n) is 9.50. The SMILES string of the molecule is Oc1ccccc1Pc1ccc(F)cc1F.[Cl][Ti][Cl]. The summed E-state index contributed by atoms with van der Waals surface area (Å²) in [5.74, 6) is -1.05. The molecule has 1 unspecified atom stereocenters. The standard InChI is InChI=1S/C12H9F2OP.2ClH.Ti/c13-8-5-6-11(9(14)7-8)16-12-4-2-1-3-10(12)15;;;/h1-7,15-16H;2*1H;/q;;;+2/p-2. The van der Waals surface area contributed by atoms with Crippen LogP contribution in [0, 0.1) is 11.6 Å². The van der Waals surface area contributed by atoms with Crippen LogP contribution in [0.1, 0.15) is 0 Å². The van der Waals surface area contributed by atoms with Crippen LogP contribution < -0.4 is 10.6 Å². The zero-order valence-corrected chi connectivity index (χ0v) is 13.6. The van der Waals surface area contributed by atoms with Gasteiger partial charge in [0.05, 0.1) is 0 Å². The molecule has 0 aromatic heterocycles. The molecule has 2 aromatic carbocycles. The van der Waals surface area contributed by atoms with Crippen molar-refractivity contribution in [3.8, 4) is 5.75 Å². The molecule has 0 radical (unpaired) electrons. The van der Waals surface area contributed by atoms with E-state index in [0.29, 0.717) is 10.6 Å². The molecule has 1 nitrogen and oxygen atoms in total. The van der Waals surface area contributed by atoms with Crippen LogP contribution in [0.3, 0.4) is 0 Å². The molecule has 0 saturated carbocycles. The van der Waals surface area contributed by atoms with Crippen LogP contribution in [0.2, 0.25) is 0 Å². The summed E-state index contributed by atoms with van der Waals surface area (Å²) in [4.78, 5) is 0. The number of hydrogen-bond donors (Lipinski definition) is 1. The average Bonchev–Trinajstić information content (AvgIpc) is 2.36. The van der Waals surface area contributed by atoms with Crippen LogP contribution in [0.5, 0.6) is 5.75 Å². The molecule has 2 rings (SSSR count). The number of aromatic hydroxyl groups is 1. The van der Waals surface area contributed by atoms with E-state index in [9.17, 15) is 13.9 Å². The quantitative estimate of drug-likeness (QED) is 0.643. The predicted octanol–water partition coefficient (Wildman–Crippen LogP) is 3.68. The molecule has 0 spiro atoms. The first-order valence-corrected chi connectivity index (χ1v) is 10.3. The third-order valence-electron chi connectivity index (χ3n) is 2.10. The summed E-state index contributed by atoms with van der Waals surface area (Å²) in [6, 6.07) is 10.2. The van der Waals surface area contributed by atoms with Gasteiger partial charge in [-0.05, 0) is 18.2 Å². The number of phenols is 1. The van der Waals surface area contributed by atoms with Crippen molar-refractivity contribution >= 4 is 37.8 Å². The molecular formula is C12H9Cl2F2OPTi. The Hall–Kier alpha value is -0.176. The Morgan fingerprint density at radius 3 is 2.21 bits per heavy atom. The summed E-state index contributed by atoms with van der Waals surface area (Å²) in [6.45, 7) is 0. The van der Waals surface area contributed by atoms with Gasteiger partial charge in [0.2, 0.25) is 0 Å². The minimum absolute atomic E-state index is 0.0209. The Morgan fingerprint density at radius 2 is 1.63 bits per heavy atom. The molecule has 1 N–H and O–H groups in total. The van der Waals surface area contributed by atoms with Crippen LogP contribution in [-0.2, 0) is 17.0 Å². The number of halogens is 4. The van der Waals surface area contributed by atoms with Crippen molar-refractivity contribution in [2.24, 2.45) is 0 Å². The second kappa shape index (κ2) is 8.89. The second-order valence-electron chi connectivity index (χ2n) is 3.34. The van der Waals surface area contributed by atoms with Crippen molar-refractivity contribution in [1.82, 2.24) is 0 Å². The Balaban J connectivity index is 0.000000550. The van der Waals surface area contributed by atoms with E-state index in [1.54, 1.807) is 24.3 Å². The molecule has 7 heteroatoms. The van der Waals surface area contributed by atoms with Gasteiger partial charge in [-0.25, -0.2) is 8.78 Å². The third kappa shape index (κ3) is 5.77. The summed E-state index contributed by atoms with van der Waals surface area (Å²) in [7, 11) is 9.76. The van der Waals surface area contributed by atoms with Crippen molar-refractivity contribution in [1.29, 1.82) is 0 Å². The van der Waals surface area contributed by atoms with Crippen molar-refractivity contribution < 1.29 is 30.9 Å². The van der Waals surface area contributed by atoms with Crippen molar-refractivity contribution in [3.63, 3.8) is 0 Å². The van der Waals surface area contributed by atoms with E-state index in [-0.39, 0.29) is 14.3 Å². The Kier molecular flexibility index (Phi) is 7.90. The van der Waals surface area contributed by atoms with Gasteiger partial charge < -0.3 is 5.11 Å². The van der Waals surface area contributed by atoms with E-state index in [1.807, 2.05) is 0 Å². The number of hydrogen-bond acceptors (Lipinski definition) is 1. The molecule has 0 aliphatic carbocycles. The van der Waals surface area contributed by atoms with Gasteiger partial charge in [-0.3, -0.25) is 0 Å². The van der Waals surface area contributed by atoms with Crippen LogP contribution >= 0.6 is 27.2 Å². The summed E-state index contributed by atoms with van der Waals surface area (Å²) >= 11 is -0.556. The number of phenolic OH excluding ortho intramolecular Hbond substituents is 1. The van der Waals surface area contributed by atoms with E-state index < -0.39 is 28.7 Å². The van der Waals surface area contributed by atoms with Gasteiger partial charge in [-0.15, -0.1) is 0 Å². The van der Waals surface area contributed by atoms with E-state index in [0.717, 1.165) is 6.07 Å². The van der Waals surface area contributed by atoms with Crippen molar-refractivity contribution in [3.05, 3.63) is 54.1 Å². The number of para-hydroxylation sites is 1. The van der Waals surface area contributed by atoms with Crippen LogP contribution in [0.4, 0.5) is 8.78 Å². The predicted molar refractivity (Wildman–Crippen MR) is 73.8 cm³/mol. The molecule has 19 heavy (non-hydrogen) atoms. The topological polar surface area (TPSA) is 20.2 Å². The molecule has 2 aromatic rings.